The van der Waals surface area contributed by atoms with Crippen molar-refractivity contribution in [2.75, 3.05) is 18.0 Å². The molecule has 4 nitrogen and oxygen atoms in total. The molecule has 0 bridgehead atoms. The number of anilines is 1. The first-order valence-electron chi connectivity index (χ1n) is 8.28. The van der Waals surface area contributed by atoms with E-state index in [1.807, 2.05) is 48.5 Å². The molecule has 0 aliphatic carbocycles. The van der Waals surface area contributed by atoms with Gasteiger partial charge in [-0.1, -0.05) is 30.3 Å². The van der Waals surface area contributed by atoms with E-state index in [-0.39, 0.29) is 0 Å². The first-order chi connectivity index (χ1) is 12.1. The summed E-state index contributed by atoms with van der Waals surface area (Å²) in [5, 5.41) is 1.84. The Balaban J connectivity index is 1.80. The van der Waals surface area contributed by atoms with Crippen LogP contribution in [0.25, 0.3) is 10.8 Å². The van der Waals surface area contributed by atoms with Crippen LogP contribution < -0.4 is 9.04 Å². The molecule has 0 spiro atoms. The maximum Gasteiger partial charge on any atom is 0.264 e. The summed E-state index contributed by atoms with van der Waals surface area (Å²) >= 11 is 0. The normalized spacial score (nSPS) is 14.4. The second-order valence-corrected chi connectivity index (χ2v) is 8.05. The Morgan fingerprint density at radius 2 is 1.72 bits per heavy atom. The average Bonchev–Trinajstić information content (AvgIpc) is 2.66. The van der Waals surface area contributed by atoms with Crippen LogP contribution in [0, 0.1) is 0 Å². The van der Waals surface area contributed by atoms with Gasteiger partial charge in [0.1, 0.15) is 5.75 Å². The van der Waals surface area contributed by atoms with Crippen LogP contribution in [0.2, 0.25) is 0 Å². The lowest BCUT2D eigenvalue weighted by Gasteiger charge is -2.30. The third-order valence-electron chi connectivity index (χ3n) is 4.67. The van der Waals surface area contributed by atoms with Gasteiger partial charge in [-0.05, 0) is 59.5 Å². The molecule has 3 aromatic rings. The lowest BCUT2D eigenvalue weighted by molar-refractivity contribution is 0.415. The first-order valence-corrected chi connectivity index (χ1v) is 9.72. The molecular weight excluding hydrogens is 334 g/mol. The lowest BCUT2D eigenvalue weighted by atomic mass is 10.0. The van der Waals surface area contributed by atoms with Crippen LogP contribution in [0.4, 0.5) is 5.69 Å². The fourth-order valence-electron chi connectivity index (χ4n) is 3.37. The van der Waals surface area contributed by atoms with Crippen molar-refractivity contribution in [3.05, 3.63) is 66.2 Å². The van der Waals surface area contributed by atoms with Gasteiger partial charge in [-0.15, -0.1) is 0 Å². The van der Waals surface area contributed by atoms with Gasteiger partial charge in [0.25, 0.3) is 10.0 Å². The van der Waals surface area contributed by atoms with Gasteiger partial charge in [0.2, 0.25) is 0 Å². The number of fused-ring (bicyclic) bond motifs is 2. The second-order valence-electron chi connectivity index (χ2n) is 6.18. The summed E-state index contributed by atoms with van der Waals surface area (Å²) in [6.45, 7) is 0.514. The number of aryl methyl sites for hydroxylation is 1. The summed E-state index contributed by atoms with van der Waals surface area (Å²) in [4.78, 5) is 0.321. The molecule has 0 unspecified atom stereocenters. The number of methoxy groups -OCH3 is 1. The minimum absolute atomic E-state index is 0.321. The Labute approximate surface area is 147 Å². The molecule has 128 valence electrons. The third-order valence-corrected chi connectivity index (χ3v) is 6.48. The molecule has 5 heteroatoms. The summed E-state index contributed by atoms with van der Waals surface area (Å²) in [5.74, 6) is 0.757. The van der Waals surface area contributed by atoms with Gasteiger partial charge >= 0.3 is 0 Å². The van der Waals surface area contributed by atoms with E-state index in [1.165, 1.54) is 4.31 Å². The van der Waals surface area contributed by atoms with Crippen molar-refractivity contribution < 1.29 is 13.2 Å². The second kappa shape index (κ2) is 6.08. The number of nitrogens with zero attached hydrogens (tertiary/aromatic N) is 1. The highest BCUT2D eigenvalue weighted by molar-refractivity contribution is 7.92. The van der Waals surface area contributed by atoms with Crippen molar-refractivity contribution in [3.8, 4) is 5.75 Å². The van der Waals surface area contributed by atoms with Crippen LogP contribution in [0.3, 0.4) is 0 Å². The van der Waals surface area contributed by atoms with E-state index in [9.17, 15) is 8.42 Å². The van der Waals surface area contributed by atoms with E-state index in [2.05, 4.69) is 0 Å². The molecule has 1 aliphatic heterocycles. The van der Waals surface area contributed by atoms with E-state index in [4.69, 9.17) is 4.74 Å². The smallest absolute Gasteiger partial charge is 0.264 e. The minimum atomic E-state index is -3.58. The highest BCUT2D eigenvalue weighted by Gasteiger charge is 2.28. The quantitative estimate of drug-likeness (QED) is 0.715. The summed E-state index contributed by atoms with van der Waals surface area (Å²) < 4.78 is 33.2. The fourth-order valence-corrected chi connectivity index (χ4v) is 4.94. The van der Waals surface area contributed by atoms with Crippen molar-refractivity contribution in [3.63, 3.8) is 0 Å². The first kappa shape index (κ1) is 16.0. The largest absolute Gasteiger partial charge is 0.497 e. The Kier molecular flexibility index (Phi) is 3.88. The molecule has 4 rings (SSSR count). The van der Waals surface area contributed by atoms with E-state index >= 15 is 0 Å². The van der Waals surface area contributed by atoms with Gasteiger partial charge in [-0.2, -0.15) is 0 Å². The van der Waals surface area contributed by atoms with Gasteiger partial charge in [-0.3, -0.25) is 4.31 Å². The maximum absolute atomic E-state index is 13.2. The molecule has 1 aliphatic rings. The molecule has 0 saturated heterocycles. The number of benzene rings is 3. The Morgan fingerprint density at radius 3 is 2.56 bits per heavy atom. The summed E-state index contributed by atoms with van der Waals surface area (Å²) in [6.07, 6.45) is 1.75. The molecular formula is C20H19NO3S. The summed E-state index contributed by atoms with van der Waals surface area (Å²) in [6, 6.07) is 18.6. The van der Waals surface area contributed by atoms with E-state index in [1.54, 1.807) is 19.2 Å². The molecule has 3 aromatic carbocycles. The highest BCUT2D eigenvalue weighted by atomic mass is 32.2. The molecule has 0 N–H and O–H groups in total. The number of hydrogen-bond donors (Lipinski definition) is 0. The number of rotatable bonds is 3. The van der Waals surface area contributed by atoms with Crippen molar-refractivity contribution >= 4 is 26.5 Å². The van der Waals surface area contributed by atoms with Crippen LogP contribution in [-0.2, 0) is 16.4 Å². The van der Waals surface area contributed by atoms with Crippen LogP contribution >= 0.6 is 0 Å². The molecule has 0 saturated carbocycles. The molecule has 25 heavy (non-hydrogen) atoms. The Morgan fingerprint density at radius 1 is 0.960 bits per heavy atom. The van der Waals surface area contributed by atoms with Gasteiger partial charge < -0.3 is 4.74 Å². The fraction of sp³-hybridized carbons (Fsp3) is 0.200. The zero-order chi connectivity index (χ0) is 17.4. The molecule has 0 radical (unpaired) electrons. The lowest BCUT2D eigenvalue weighted by Crippen LogP contribution is -2.35. The highest BCUT2D eigenvalue weighted by Crippen LogP contribution is 2.33. The zero-order valence-electron chi connectivity index (χ0n) is 14.0. The van der Waals surface area contributed by atoms with Crippen molar-refractivity contribution in [1.82, 2.24) is 0 Å². The maximum atomic E-state index is 13.2. The number of ether oxygens (including phenoxy) is 1. The van der Waals surface area contributed by atoms with Crippen LogP contribution in [0.1, 0.15) is 12.0 Å². The van der Waals surface area contributed by atoms with E-state index in [0.717, 1.165) is 40.6 Å². The van der Waals surface area contributed by atoms with Gasteiger partial charge in [0.05, 0.1) is 17.7 Å². The van der Waals surface area contributed by atoms with Crippen molar-refractivity contribution in [2.24, 2.45) is 0 Å². The van der Waals surface area contributed by atoms with E-state index < -0.39 is 10.0 Å². The third kappa shape index (κ3) is 2.74. The molecule has 0 amide bonds. The minimum Gasteiger partial charge on any atom is -0.497 e. The van der Waals surface area contributed by atoms with Gasteiger partial charge in [0.15, 0.2) is 0 Å². The zero-order valence-corrected chi connectivity index (χ0v) is 14.8. The average molecular weight is 353 g/mol. The Hall–Kier alpha value is -2.53. The number of sulfonamides is 1. The standard InChI is InChI=1S/C20H19NO3S/c1-24-18-10-8-17-14-19(11-9-16(17)13-18)25(22,23)21-12-4-6-15-5-2-3-7-20(15)21/h2-3,5,7-11,13-14H,4,6,12H2,1H3. The van der Waals surface area contributed by atoms with Gasteiger partial charge in [0, 0.05) is 6.54 Å². The predicted octanol–water partition coefficient (Wildman–Crippen LogP) is 3.99. The molecule has 0 fully saturated rings. The Bertz CT molecular complexity index is 1040. The molecule has 0 atom stereocenters. The predicted molar refractivity (Wildman–Crippen MR) is 99.8 cm³/mol. The van der Waals surface area contributed by atoms with Crippen molar-refractivity contribution in [1.29, 1.82) is 0 Å². The SMILES string of the molecule is COc1ccc2cc(S(=O)(=O)N3CCCc4ccccc43)ccc2c1. The summed E-state index contributed by atoms with van der Waals surface area (Å²) in [7, 11) is -1.96. The van der Waals surface area contributed by atoms with Crippen LogP contribution in [0.15, 0.2) is 65.6 Å². The topological polar surface area (TPSA) is 46.6 Å². The monoisotopic (exact) mass is 353 g/mol. The van der Waals surface area contributed by atoms with Crippen LogP contribution in [0.5, 0.6) is 5.75 Å². The van der Waals surface area contributed by atoms with Crippen LogP contribution in [-0.4, -0.2) is 22.1 Å². The molecule has 0 aromatic heterocycles. The van der Waals surface area contributed by atoms with E-state index in [0.29, 0.717) is 11.4 Å². The molecule has 1 heterocycles. The van der Waals surface area contributed by atoms with Gasteiger partial charge in [-0.25, -0.2) is 8.42 Å². The number of para-hydroxylation sites is 1. The van der Waals surface area contributed by atoms with Crippen molar-refractivity contribution in [2.45, 2.75) is 17.7 Å². The number of hydrogen-bond acceptors (Lipinski definition) is 3. The summed E-state index contributed by atoms with van der Waals surface area (Å²) in [5.41, 5.74) is 1.88.